The zero-order chi connectivity index (χ0) is 11.4. The lowest BCUT2D eigenvalue weighted by Gasteiger charge is -2.17. The highest BCUT2D eigenvalue weighted by Crippen LogP contribution is 2.21. The minimum absolute atomic E-state index is 0.00562. The molecule has 1 aromatic rings. The van der Waals surface area contributed by atoms with E-state index in [1.807, 2.05) is 0 Å². The van der Waals surface area contributed by atoms with Crippen LogP contribution < -0.4 is 11.5 Å². The van der Waals surface area contributed by atoms with Crippen molar-refractivity contribution in [1.82, 2.24) is 9.97 Å². The van der Waals surface area contributed by atoms with E-state index in [4.69, 9.17) is 23.1 Å². The van der Waals surface area contributed by atoms with Gasteiger partial charge in [0.2, 0.25) is 0 Å². The molecule has 84 valence electrons. The van der Waals surface area contributed by atoms with E-state index in [1.54, 1.807) is 0 Å². The molecule has 0 saturated carbocycles. The summed E-state index contributed by atoms with van der Waals surface area (Å²) < 4.78 is 0. The quantitative estimate of drug-likeness (QED) is 0.554. The van der Waals surface area contributed by atoms with Gasteiger partial charge in [-0.25, -0.2) is 4.98 Å². The average Bonchev–Trinajstić information content (AvgIpc) is 2.17. The fraction of sp³-hybridized carbons (Fsp3) is 0.500. The zero-order valence-corrected chi connectivity index (χ0v) is 8.72. The summed E-state index contributed by atoms with van der Waals surface area (Å²) >= 11 is 5.54. The van der Waals surface area contributed by atoms with E-state index in [9.17, 15) is 10.2 Å². The number of aromatic nitrogens is 2. The Morgan fingerprint density at radius 1 is 1.47 bits per heavy atom. The van der Waals surface area contributed by atoms with Crippen molar-refractivity contribution in [2.75, 3.05) is 12.3 Å². The van der Waals surface area contributed by atoms with Crippen molar-refractivity contribution in [3.05, 3.63) is 17.0 Å². The second-order valence-electron chi connectivity index (χ2n) is 3.05. The third-order valence-electron chi connectivity index (χ3n) is 1.91. The lowest BCUT2D eigenvalue weighted by atomic mass is 10.1. The minimum atomic E-state index is -1.20. The Labute approximate surface area is 91.9 Å². The van der Waals surface area contributed by atoms with Gasteiger partial charge in [-0.3, -0.25) is 4.98 Å². The van der Waals surface area contributed by atoms with Gasteiger partial charge in [0.1, 0.15) is 22.8 Å². The third kappa shape index (κ3) is 3.00. The van der Waals surface area contributed by atoms with Gasteiger partial charge in [-0.1, -0.05) is 11.6 Å². The number of hydrogen-bond donors (Lipinski definition) is 4. The molecule has 0 fully saturated rings. The Bertz CT molecular complexity index is 336. The van der Waals surface area contributed by atoms with E-state index >= 15 is 0 Å². The molecule has 1 aromatic heterocycles. The van der Waals surface area contributed by atoms with Crippen molar-refractivity contribution in [2.24, 2.45) is 5.73 Å². The summed E-state index contributed by atoms with van der Waals surface area (Å²) in [5, 5.41) is 19.3. The molecule has 1 heterocycles. The summed E-state index contributed by atoms with van der Waals surface area (Å²) in [5.74, 6) is 0.00562. The zero-order valence-electron chi connectivity index (χ0n) is 7.97. The standard InChI is InChI=1S/C8H13ClN4O2/c9-5-3-12-6(8(11)13-5)7(15)4(14)1-2-10/h3-4,7,14-15H,1-2,10H2,(H2,11,13). The molecule has 2 unspecified atom stereocenters. The van der Waals surface area contributed by atoms with E-state index < -0.39 is 12.2 Å². The molecular formula is C8H13ClN4O2. The van der Waals surface area contributed by atoms with Crippen LogP contribution in [0.15, 0.2) is 6.20 Å². The summed E-state index contributed by atoms with van der Waals surface area (Å²) in [6, 6.07) is 0. The molecule has 15 heavy (non-hydrogen) atoms. The van der Waals surface area contributed by atoms with Gasteiger partial charge in [0.25, 0.3) is 0 Å². The number of hydrogen-bond acceptors (Lipinski definition) is 6. The largest absolute Gasteiger partial charge is 0.390 e. The summed E-state index contributed by atoms with van der Waals surface area (Å²) in [6.07, 6.45) is -0.692. The molecule has 0 amide bonds. The SMILES string of the molecule is NCCC(O)C(O)c1ncc(Cl)nc1N. The van der Waals surface area contributed by atoms with Gasteiger partial charge in [-0.15, -0.1) is 0 Å². The van der Waals surface area contributed by atoms with Crippen LogP contribution in [0.25, 0.3) is 0 Å². The first-order valence-corrected chi connectivity index (χ1v) is 4.78. The first-order valence-electron chi connectivity index (χ1n) is 4.40. The molecule has 0 bridgehead atoms. The highest BCUT2D eigenvalue weighted by Gasteiger charge is 2.22. The molecule has 6 nitrogen and oxygen atoms in total. The number of rotatable bonds is 4. The molecule has 0 spiro atoms. The number of aliphatic hydroxyl groups excluding tert-OH is 2. The van der Waals surface area contributed by atoms with Gasteiger partial charge in [-0.2, -0.15) is 0 Å². The van der Waals surface area contributed by atoms with Crippen molar-refractivity contribution in [3.63, 3.8) is 0 Å². The van der Waals surface area contributed by atoms with Crippen LogP contribution in [0.5, 0.6) is 0 Å². The number of nitrogens with zero attached hydrogens (tertiary/aromatic N) is 2. The molecule has 0 radical (unpaired) electrons. The van der Waals surface area contributed by atoms with Gasteiger partial charge < -0.3 is 21.7 Å². The summed E-state index contributed by atoms with van der Waals surface area (Å²) in [7, 11) is 0. The first-order chi connectivity index (χ1) is 7.06. The van der Waals surface area contributed by atoms with Gasteiger partial charge in [0.05, 0.1) is 12.3 Å². The van der Waals surface area contributed by atoms with Crippen LogP contribution in [0.4, 0.5) is 5.82 Å². The Morgan fingerprint density at radius 2 is 2.13 bits per heavy atom. The first kappa shape index (κ1) is 12.1. The molecule has 0 aromatic carbocycles. The monoisotopic (exact) mass is 232 g/mol. The van der Waals surface area contributed by atoms with E-state index in [2.05, 4.69) is 9.97 Å². The van der Waals surface area contributed by atoms with Crippen LogP contribution in [0, 0.1) is 0 Å². The molecule has 0 saturated heterocycles. The van der Waals surface area contributed by atoms with Crippen molar-refractivity contribution in [3.8, 4) is 0 Å². The summed E-state index contributed by atoms with van der Waals surface area (Å²) in [5.41, 5.74) is 10.9. The lowest BCUT2D eigenvalue weighted by Crippen LogP contribution is -2.23. The number of anilines is 1. The normalized spacial score (nSPS) is 14.9. The number of halogens is 1. The van der Waals surface area contributed by atoms with Crippen LogP contribution >= 0.6 is 11.6 Å². The second-order valence-corrected chi connectivity index (χ2v) is 3.44. The predicted octanol–water partition coefficient (Wildman–Crippen LogP) is -0.545. The van der Waals surface area contributed by atoms with Gasteiger partial charge >= 0.3 is 0 Å². The molecule has 0 aliphatic rings. The highest BCUT2D eigenvalue weighted by molar-refractivity contribution is 6.29. The van der Waals surface area contributed by atoms with Gasteiger partial charge in [-0.05, 0) is 13.0 Å². The maximum Gasteiger partial charge on any atom is 0.149 e. The van der Waals surface area contributed by atoms with Crippen LogP contribution in [0.1, 0.15) is 18.2 Å². The van der Waals surface area contributed by atoms with E-state index in [1.165, 1.54) is 6.20 Å². The van der Waals surface area contributed by atoms with Crippen molar-refractivity contribution < 1.29 is 10.2 Å². The highest BCUT2D eigenvalue weighted by atomic mass is 35.5. The van der Waals surface area contributed by atoms with Crippen LogP contribution in [0.3, 0.4) is 0 Å². The topological polar surface area (TPSA) is 118 Å². The number of aliphatic hydroxyl groups is 2. The van der Waals surface area contributed by atoms with Crippen molar-refractivity contribution in [2.45, 2.75) is 18.6 Å². The maximum absolute atomic E-state index is 9.66. The number of nitrogens with two attached hydrogens (primary N) is 2. The van der Waals surface area contributed by atoms with Crippen LogP contribution in [0.2, 0.25) is 5.15 Å². The summed E-state index contributed by atoms with van der Waals surface area (Å²) in [6.45, 7) is 0.263. The Hall–Kier alpha value is -0.950. The molecule has 0 aliphatic carbocycles. The predicted molar refractivity (Wildman–Crippen MR) is 56.1 cm³/mol. The molecular weight excluding hydrogens is 220 g/mol. The Morgan fingerprint density at radius 3 is 2.67 bits per heavy atom. The van der Waals surface area contributed by atoms with E-state index in [0.717, 1.165) is 0 Å². The molecule has 1 rings (SSSR count). The third-order valence-corrected chi connectivity index (χ3v) is 2.09. The summed E-state index contributed by atoms with van der Waals surface area (Å²) in [4.78, 5) is 7.53. The Kier molecular flexibility index (Phi) is 4.22. The van der Waals surface area contributed by atoms with Gasteiger partial charge in [0, 0.05) is 0 Å². The fourth-order valence-electron chi connectivity index (χ4n) is 1.13. The van der Waals surface area contributed by atoms with E-state index in [0.29, 0.717) is 0 Å². The minimum Gasteiger partial charge on any atom is -0.390 e. The Balaban J connectivity index is 2.86. The lowest BCUT2D eigenvalue weighted by molar-refractivity contribution is 0.0128. The molecule has 6 N–H and O–H groups in total. The second kappa shape index (κ2) is 5.22. The van der Waals surface area contributed by atoms with Crippen molar-refractivity contribution >= 4 is 17.4 Å². The maximum atomic E-state index is 9.66. The molecule has 0 aliphatic heterocycles. The molecule has 2 atom stereocenters. The number of nitrogen functional groups attached to an aromatic ring is 1. The van der Waals surface area contributed by atoms with Gasteiger partial charge in [0.15, 0.2) is 0 Å². The molecule has 7 heteroatoms. The fourth-order valence-corrected chi connectivity index (χ4v) is 1.27. The van der Waals surface area contributed by atoms with E-state index in [-0.39, 0.29) is 29.6 Å². The smallest absolute Gasteiger partial charge is 0.149 e. The van der Waals surface area contributed by atoms with Crippen LogP contribution in [-0.4, -0.2) is 32.8 Å². The average molecular weight is 233 g/mol. The van der Waals surface area contributed by atoms with Crippen LogP contribution in [-0.2, 0) is 0 Å². The van der Waals surface area contributed by atoms with Crippen molar-refractivity contribution in [1.29, 1.82) is 0 Å².